The molecule has 2 fully saturated rings. The van der Waals surface area contributed by atoms with Crippen molar-refractivity contribution in [3.8, 4) is 0 Å². The molecular weight excluding hydrogens is 338 g/mol. The maximum absolute atomic E-state index is 12.5. The van der Waals surface area contributed by atoms with Crippen molar-refractivity contribution in [3.05, 3.63) is 24.0 Å². The van der Waals surface area contributed by atoms with Gasteiger partial charge in [0.15, 0.2) is 0 Å². The van der Waals surface area contributed by atoms with Crippen LogP contribution in [0.15, 0.2) is 18.3 Å². The molecule has 23 heavy (non-hydrogen) atoms. The van der Waals surface area contributed by atoms with E-state index in [1.807, 2.05) is 0 Å². The second kappa shape index (κ2) is 4.67. The minimum absolute atomic E-state index is 0.242. The highest BCUT2D eigenvalue weighted by Gasteiger charge is 2.54. The maximum atomic E-state index is 12.5. The smallest absolute Gasteiger partial charge is 0.232 e. The average Bonchev–Trinajstić information content (AvgIpc) is 3.18. The monoisotopic (exact) mass is 357 g/mol. The Morgan fingerprint density at radius 2 is 1.96 bits per heavy atom. The fourth-order valence-corrected chi connectivity index (χ4v) is 6.60. The molecule has 1 saturated heterocycles. The lowest BCUT2D eigenvalue weighted by molar-refractivity contribution is 0.429. The van der Waals surface area contributed by atoms with Gasteiger partial charge in [-0.05, 0) is 31.4 Å². The van der Waals surface area contributed by atoms with Crippen molar-refractivity contribution < 1.29 is 16.8 Å². The number of fused-ring (bicyclic) bond motifs is 2. The largest absolute Gasteiger partial charge is 0.268 e. The van der Waals surface area contributed by atoms with Crippen LogP contribution in [0.5, 0.6) is 0 Å². The van der Waals surface area contributed by atoms with Crippen LogP contribution in [0.4, 0.5) is 5.69 Å². The molecule has 9 heteroatoms. The summed E-state index contributed by atoms with van der Waals surface area (Å²) in [4.78, 5) is 4.41. The van der Waals surface area contributed by atoms with Crippen molar-refractivity contribution >= 4 is 25.7 Å². The van der Waals surface area contributed by atoms with Crippen LogP contribution in [0.1, 0.15) is 25.0 Å². The number of hydrogen-bond donors (Lipinski definition) is 0. The Hall–Kier alpha value is -1.19. The lowest BCUT2D eigenvalue weighted by Gasteiger charge is -2.24. The first kappa shape index (κ1) is 15.3. The number of anilines is 1. The van der Waals surface area contributed by atoms with Gasteiger partial charge in [-0.2, -0.15) is 0 Å². The van der Waals surface area contributed by atoms with Gasteiger partial charge < -0.3 is 0 Å². The average molecular weight is 357 g/mol. The van der Waals surface area contributed by atoms with E-state index in [4.69, 9.17) is 0 Å². The van der Waals surface area contributed by atoms with Crippen molar-refractivity contribution in [3.63, 3.8) is 0 Å². The van der Waals surface area contributed by atoms with Gasteiger partial charge in [0.1, 0.15) is 0 Å². The molecule has 3 aliphatic rings. The molecule has 4 rings (SSSR count). The highest BCUT2D eigenvalue weighted by Crippen LogP contribution is 2.47. The predicted molar refractivity (Wildman–Crippen MR) is 86.2 cm³/mol. The van der Waals surface area contributed by atoms with Gasteiger partial charge in [0.25, 0.3) is 0 Å². The number of aromatic nitrogens is 1. The number of pyridine rings is 1. The van der Waals surface area contributed by atoms with Crippen LogP contribution in [0.2, 0.25) is 0 Å². The summed E-state index contributed by atoms with van der Waals surface area (Å²) in [5.41, 5.74) is 0.765. The fraction of sp³-hybridized carbons (Fsp3) is 0.643. The molecule has 1 aliphatic carbocycles. The van der Waals surface area contributed by atoms with E-state index in [1.54, 1.807) is 18.3 Å². The zero-order valence-electron chi connectivity index (χ0n) is 12.8. The first-order valence-electron chi connectivity index (χ1n) is 7.66. The number of rotatable bonds is 3. The molecule has 1 saturated carbocycles. The van der Waals surface area contributed by atoms with E-state index in [1.165, 1.54) is 14.9 Å². The van der Waals surface area contributed by atoms with E-state index < -0.39 is 25.5 Å². The summed E-state index contributed by atoms with van der Waals surface area (Å²) in [7, 11) is -6.66. The summed E-state index contributed by atoms with van der Waals surface area (Å²) < 4.78 is 52.1. The van der Waals surface area contributed by atoms with Crippen molar-refractivity contribution in [2.75, 3.05) is 30.2 Å². The summed E-state index contributed by atoms with van der Waals surface area (Å²) in [5.74, 6) is 0. The molecule has 1 atom stereocenters. The van der Waals surface area contributed by atoms with Crippen LogP contribution < -0.4 is 4.31 Å². The molecule has 0 radical (unpaired) electrons. The normalized spacial score (nSPS) is 28.5. The van der Waals surface area contributed by atoms with E-state index in [2.05, 4.69) is 4.98 Å². The van der Waals surface area contributed by atoms with Crippen molar-refractivity contribution in [2.24, 2.45) is 0 Å². The third kappa shape index (κ3) is 2.28. The molecule has 0 bridgehead atoms. The van der Waals surface area contributed by atoms with Gasteiger partial charge in [0, 0.05) is 31.2 Å². The highest BCUT2D eigenvalue weighted by atomic mass is 32.2. The summed E-state index contributed by atoms with van der Waals surface area (Å²) in [6.45, 7) is 1.03. The van der Waals surface area contributed by atoms with E-state index in [0.717, 1.165) is 12.8 Å². The second-order valence-corrected chi connectivity index (χ2v) is 10.9. The standard InChI is InChI=1S/C14H19N3O4S2/c1-22(18,19)17-10-14(13-12(17)3-2-7-15-13)6-8-16(9-14)23(20,21)11-4-5-11/h2-3,7,11H,4-6,8-10H2,1H3. The minimum atomic E-state index is -3.41. The van der Waals surface area contributed by atoms with Crippen LogP contribution in [-0.2, 0) is 25.5 Å². The summed E-state index contributed by atoms with van der Waals surface area (Å²) in [6.07, 6.45) is 4.89. The first-order valence-corrected chi connectivity index (χ1v) is 11.0. The molecule has 126 valence electrons. The highest BCUT2D eigenvalue weighted by molar-refractivity contribution is 7.92. The number of nitrogens with zero attached hydrogens (tertiary/aromatic N) is 3. The van der Waals surface area contributed by atoms with Gasteiger partial charge in [0.2, 0.25) is 20.0 Å². The molecule has 0 aromatic carbocycles. The van der Waals surface area contributed by atoms with Crippen LogP contribution in [0, 0.1) is 0 Å². The lowest BCUT2D eigenvalue weighted by Crippen LogP contribution is -2.40. The predicted octanol–water partition coefficient (Wildman–Crippen LogP) is 0.297. The maximum Gasteiger partial charge on any atom is 0.232 e. The summed E-state index contributed by atoms with van der Waals surface area (Å²) in [6, 6.07) is 3.46. The van der Waals surface area contributed by atoms with Gasteiger partial charge >= 0.3 is 0 Å². The Kier molecular flexibility index (Phi) is 3.12. The molecule has 1 unspecified atom stereocenters. The SMILES string of the molecule is CS(=O)(=O)N1CC2(CCN(S(=O)(=O)C3CC3)C2)c2ncccc21. The third-order valence-corrected chi connectivity index (χ3v) is 8.50. The number of sulfonamides is 2. The molecule has 0 N–H and O–H groups in total. The zero-order valence-corrected chi connectivity index (χ0v) is 14.5. The summed E-state index contributed by atoms with van der Waals surface area (Å²) in [5, 5.41) is -0.242. The van der Waals surface area contributed by atoms with E-state index in [-0.39, 0.29) is 11.8 Å². The lowest BCUT2D eigenvalue weighted by atomic mass is 9.85. The Morgan fingerprint density at radius 3 is 2.61 bits per heavy atom. The molecule has 0 amide bonds. The first-order chi connectivity index (χ1) is 10.7. The van der Waals surface area contributed by atoms with Gasteiger partial charge in [-0.1, -0.05) is 0 Å². The van der Waals surface area contributed by atoms with Crippen molar-refractivity contribution in [1.82, 2.24) is 9.29 Å². The van der Waals surface area contributed by atoms with Gasteiger partial charge in [-0.15, -0.1) is 0 Å². The van der Waals surface area contributed by atoms with Crippen LogP contribution in [0.25, 0.3) is 0 Å². The topological polar surface area (TPSA) is 87.7 Å². The van der Waals surface area contributed by atoms with E-state index in [0.29, 0.717) is 30.9 Å². The van der Waals surface area contributed by atoms with Crippen LogP contribution in [0.3, 0.4) is 0 Å². The Morgan fingerprint density at radius 1 is 1.22 bits per heavy atom. The zero-order chi connectivity index (χ0) is 16.5. The molecular formula is C14H19N3O4S2. The fourth-order valence-electron chi connectivity index (χ4n) is 3.69. The van der Waals surface area contributed by atoms with E-state index >= 15 is 0 Å². The quantitative estimate of drug-likeness (QED) is 0.776. The van der Waals surface area contributed by atoms with Crippen molar-refractivity contribution in [2.45, 2.75) is 29.9 Å². The Bertz CT molecular complexity index is 864. The van der Waals surface area contributed by atoms with Crippen LogP contribution in [-0.4, -0.2) is 57.3 Å². The molecule has 3 heterocycles. The Balaban J connectivity index is 1.73. The minimum Gasteiger partial charge on any atom is -0.268 e. The molecule has 2 aliphatic heterocycles. The third-order valence-electron chi connectivity index (χ3n) is 5.03. The Labute approximate surface area is 136 Å². The van der Waals surface area contributed by atoms with Gasteiger partial charge in [-0.3, -0.25) is 9.29 Å². The number of hydrogen-bond acceptors (Lipinski definition) is 5. The van der Waals surface area contributed by atoms with E-state index in [9.17, 15) is 16.8 Å². The van der Waals surface area contributed by atoms with Crippen LogP contribution >= 0.6 is 0 Å². The molecule has 1 aromatic rings. The molecule has 1 spiro atoms. The van der Waals surface area contributed by atoms with Crippen molar-refractivity contribution in [1.29, 1.82) is 0 Å². The second-order valence-electron chi connectivity index (χ2n) is 6.75. The molecule has 7 nitrogen and oxygen atoms in total. The summed E-state index contributed by atoms with van der Waals surface area (Å²) >= 11 is 0. The van der Waals surface area contributed by atoms with Gasteiger partial charge in [-0.25, -0.2) is 21.1 Å². The molecule has 1 aromatic heterocycles. The van der Waals surface area contributed by atoms with Gasteiger partial charge in [0.05, 0.1) is 22.9 Å².